The van der Waals surface area contributed by atoms with Crippen LogP contribution >= 0.6 is 0 Å². The number of anilines is 1. The molecule has 2 rings (SSSR count). The van der Waals surface area contributed by atoms with Gasteiger partial charge in [0.15, 0.2) is 0 Å². The molecule has 2 N–H and O–H groups in total. The Kier molecular flexibility index (Phi) is 4.37. The highest BCUT2D eigenvalue weighted by Crippen LogP contribution is 2.28. The van der Waals surface area contributed by atoms with Gasteiger partial charge in [-0.25, -0.2) is 4.68 Å². The summed E-state index contributed by atoms with van der Waals surface area (Å²) in [7, 11) is 2.11. The van der Waals surface area contributed by atoms with Crippen LogP contribution in [0.1, 0.15) is 32.0 Å². The van der Waals surface area contributed by atoms with E-state index in [9.17, 15) is 0 Å². The van der Waals surface area contributed by atoms with Crippen molar-refractivity contribution in [3.63, 3.8) is 0 Å². The van der Waals surface area contributed by atoms with E-state index in [0.29, 0.717) is 6.54 Å². The zero-order valence-corrected chi connectivity index (χ0v) is 13.7. The van der Waals surface area contributed by atoms with Gasteiger partial charge in [-0.05, 0) is 24.5 Å². The standard InChI is InChI=1S/C17H26N4/c1-13-15(11-18)16(20(5)12-17(2,3)4)21(19-13)14-9-7-6-8-10-14/h6-10H,11-12,18H2,1-5H3. The largest absolute Gasteiger partial charge is 0.359 e. The Morgan fingerprint density at radius 3 is 2.33 bits per heavy atom. The number of nitrogens with two attached hydrogens (primary N) is 1. The zero-order valence-electron chi connectivity index (χ0n) is 13.7. The van der Waals surface area contributed by atoms with Gasteiger partial charge in [0, 0.05) is 25.7 Å². The summed E-state index contributed by atoms with van der Waals surface area (Å²) < 4.78 is 2.00. The average molecular weight is 286 g/mol. The van der Waals surface area contributed by atoms with Crippen LogP contribution in [0.25, 0.3) is 5.69 Å². The Morgan fingerprint density at radius 1 is 1.19 bits per heavy atom. The second-order valence-corrected chi connectivity index (χ2v) is 6.76. The van der Waals surface area contributed by atoms with Crippen LogP contribution in [0.5, 0.6) is 0 Å². The maximum atomic E-state index is 5.96. The molecule has 0 aliphatic rings. The van der Waals surface area contributed by atoms with E-state index >= 15 is 0 Å². The predicted molar refractivity (Wildman–Crippen MR) is 88.9 cm³/mol. The molecule has 1 heterocycles. The molecule has 0 radical (unpaired) electrons. The lowest BCUT2D eigenvalue weighted by atomic mass is 9.96. The lowest BCUT2D eigenvalue weighted by Gasteiger charge is -2.29. The maximum Gasteiger partial charge on any atom is 0.136 e. The first-order valence-corrected chi connectivity index (χ1v) is 7.38. The van der Waals surface area contributed by atoms with E-state index in [-0.39, 0.29) is 5.41 Å². The molecule has 0 saturated heterocycles. The molecule has 0 spiro atoms. The molecular weight excluding hydrogens is 260 g/mol. The molecule has 0 fully saturated rings. The third-order valence-electron chi connectivity index (χ3n) is 3.44. The molecule has 0 aliphatic heterocycles. The number of hydrogen-bond donors (Lipinski definition) is 1. The van der Waals surface area contributed by atoms with Crippen molar-refractivity contribution in [2.75, 3.05) is 18.5 Å². The highest BCUT2D eigenvalue weighted by atomic mass is 15.4. The third-order valence-corrected chi connectivity index (χ3v) is 3.44. The van der Waals surface area contributed by atoms with Gasteiger partial charge in [-0.15, -0.1) is 0 Å². The quantitative estimate of drug-likeness (QED) is 0.939. The minimum atomic E-state index is 0.209. The van der Waals surface area contributed by atoms with Gasteiger partial charge in [0.1, 0.15) is 5.82 Å². The molecule has 0 bridgehead atoms. The summed E-state index contributed by atoms with van der Waals surface area (Å²) in [5, 5.41) is 4.70. The van der Waals surface area contributed by atoms with Crippen molar-refractivity contribution >= 4 is 5.82 Å². The second-order valence-electron chi connectivity index (χ2n) is 6.76. The molecule has 0 atom stereocenters. The smallest absolute Gasteiger partial charge is 0.136 e. The van der Waals surface area contributed by atoms with Gasteiger partial charge < -0.3 is 10.6 Å². The van der Waals surface area contributed by atoms with Crippen molar-refractivity contribution in [2.24, 2.45) is 11.1 Å². The molecule has 1 aromatic heterocycles. The minimum absolute atomic E-state index is 0.209. The summed E-state index contributed by atoms with van der Waals surface area (Å²) in [4.78, 5) is 2.26. The average Bonchev–Trinajstić information content (AvgIpc) is 2.74. The summed E-state index contributed by atoms with van der Waals surface area (Å²) in [6.45, 7) is 10.2. The van der Waals surface area contributed by atoms with Gasteiger partial charge in [-0.3, -0.25) is 0 Å². The predicted octanol–water partition coefficient (Wildman–Crippen LogP) is 3.12. The van der Waals surface area contributed by atoms with Crippen molar-refractivity contribution in [1.29, 1.82) is 0 Å². The van der Waals surface area contributed by atoms with Crippen LogP contribution in [-0.4, -0.2) is 23.4 Å². The van der Waals surface area contributed by atoms with Crippen molar-refractivity contribution in [1.82, 2.24) is 9.78 Å². The molecule has 0 unspecified atom stereocenters. The van der Waals surface area contributed by atoms with Crippen LogP contribution in [0.2, 0.25) is 0 Å². The normalized spacial score (nSPS) is 11.7. The van der Waals surface area contributed by atoms with Crippen LogP contribution in [-0.2, 0) is 6.54 Å². The molecule has 114 valence electrons. The van der Waals surface area contributed by atoms with E-state index < -0.39 is 0 Å². The van der Waals surface area contributed by atoms with E-state index in [1.165, 1.54) is 0 Å². The van der Waals surface area contributed by atoms with E-state index in [2.05, 4.69) is 44.9 Å². The SMILES string of the molecule is Cc1nn(-c2ccccc2)c(N(C)CC(C)(C)C)c1CN. The third kappa shape index (κ3) is 3.45. The summed E-state index contributed by atoms with van der Waals surface area (Å²) in [5.74, 6) is 1.09. The van der Waals surface area contributed by atoms with Crippen LogP contribution in [0.4, 0.5) is 5.82 Å². The van der Waals surface area contributed by atoms with Gasteiger partial charge in [-0.2, -0.15) is 5.10 Å². The van der Waals surface area contributed by atoms with Crippen molar-refractivity contribution < 1.29 is 0 Å². The topological polar surface area (TPSA) is 47.1 Å². The Balaban J connectivity index is 2.52. The fraction of sp³-hybridized carbons (Fsp3) is 0.471. The van der Waals surface area contributed by atoms with E-state index in [0.717, 1.165) is 29.3 Å². The molecule has 0 amide bonds. The Labute approximate surface area is 127 Å². The molecule has 4 nitrogen and oxygen atoms in total. The number of rotatable bonds is 4. The van der Waals surface area contributed by atoms with Crippen molar-refractivity contribution in [3.05, 3.63) is 41.6 Å². The second kappa shape index (κ2) is 5.90. The number of para-hydroxylation sites is 1. The van der Waals surface area contributed by atoms with Gasteiger partial charge >= 0.3 is 0 Å². The molecule has 1 aromatic carbocycles. The molecule has 0 aliphatic carbocycles. The summed E-state index contributed by atoms with van der Waals surface area (Å²) in [6, 6.07) is 10.2. The molecule has 4 heteroatoms. The maximum absolute atomic E-state index is 5.96. The Bertz CT molecular complexity index is 593. The number of hydrogen-bond acceptors (Lipinski definition) is 3. The first kappa shape index (κ1) is 15.6. The fourth-order valence-electron chi connectivity index (χ4n) is 2.71. The van der Waals surface area contributed by atoms with Crippen molar-refractivity contribution in [3.8, 4) is 5.69 Å². The van der Waals surface area contributed by atoms with Crippen LogP contribution in [0, 0.1) is 12.3 Å². The van der Waals surface area contributed by atoms with Gasteiger partial charge in [0.25, 0.3) is 0 Å². The van der Waals surface area contributed by atoms with E-state index in [4.69, 9.17) is 10.8 Å². The number of nitrogens with zero attached hydrogens (tertiary/aromatic N) is 3. The fourth-order valence-corrected chi connectivity index (χ4v) is 2.71. The first-order valence-electron chi connectivity index (χ1n) is 7.38. The van der Waals surface area contributed by atoms with E-state index in [1.807, 2.05) is 29.8 Å². The van der Waals surface area contributed by atoms with E-state index in [1.54, 1.807) is 0 Å². The van der Waals surface area contributed by atoms with Gasteiger partial charge in [0.2, 0.25) is 0 Å². The van der Waals surface area contributed by atoms with Crippen LogP contribution in [0.15, 0.2) is 30.3 Å². The van der Waals surface area contributed by atoms with Crippen LogP contribution < -0.4 is 10.6 Å². The zero-order chi connectivity index (χ0) is 15.6. The number of benzene rings is 1. The highest BCUT2D eigenvalue weighted by molar-refractivity contribution is 5.55. The number of aromatic nitrogens is 2. The molecular formula is C17H26N4. The lowest BCUT2D eigenvalue weighted by molar-refractivity contribution is 0.416. The minimum Gasteiger partial charge on any atom is -0.359 e. The van der Waals surface area contributed by atoms with Crippen LogP contribution in [0.3, 0.4) is 0 Å². The monoisotopic (exact) mass is 286 g/mol. The summed E-state index contributed by atoms with van der Waals surface area (Å²) >= 11 is 0. The highest BCUT2D eigenvalue weighted by Gasteiger charge is 2.22. The Hall–Kier alpha value is -1.81. The molecule has 2 aromatic rings. The lowest BCUT2D eigenvalue weighted by Crippen LogP contribution is -2.31. The number of aryl methyl sites for hydroxylation is 1. The van der Waals surface area contributed by atoms with Crippen molar-refractivity contribution in [2.45, 2.75) is 34.2 Å². The molecule has 21 heavy (non-hydrogen) atoms. The van der Waals surface area contributed by atoms with Gasteiger partial charge in [0.05, 0.1) is 11.4 Å². The summed E-state index contributed by atoms with van der Waals surface area (Å²) in [5.41, 5.74) is 9.35. The van der Waals surface area contributed by atoms with Gasteiger partial charge in [-0.1, -0.05) is 39.0 Å². The first-order chi connectivity index (χ1) is 9.83. The Morgan fingerprint density at radius 2 is 1.81 bits per heavy atom. The summed E-state index contributed by atoms with van der Waals surface area (Å²) in [6.07, 6.45) is 0. The molecule has 0 saturated carbocycles.